The minimum Gasteiger partial charge on any atom is -0.361 e. The summed E-state index contributed by atoms with van der Waals surface area (Å²) in [5, 5.41) is 1.12. The zero-order chi connectivity index (χ0) is 18.2. The van der Waals surface area contributed by atoms with Crippen LogP contribution in [0.15, 0.2) is 78.0 Å². The Morgan fingerprint density at radius 2 is 1.67 bits per heavy atom. The molecule has 0 fully saturated rings. The minimum absolute atomic E-state index is 0.859. The lowest BCUT2D eigenvalue weighted by Gasteiger charge is -2.20. The van der Waals surface area contributed by atoms with E-state index in [1.54, 1.807) is 0 Å². The standard InChI is InChI=1S/C23H18N4/c1-27-14-18-13-17(9-10-21(18)26-15-27)19-8-4-12-25-23(19)20-7-2-5-16-6-3-11-24-22(16)20/h2-13,15H,14H2,1H3. The molecule has 0 atom stereocenters. The smallest absolute Gasteiger partial charge is 0.0912 e. The summed E-state index contributed by atoms with van der Waals surface area (Å²) in [5.74, 6) is 0. The summed E-state index contributed by atoms with van der Waals surface area (Å²) < 4.78 is 0. The van der Waals surface area contributed by atoms with Crippen LogP contribution in [0.25, 0.3) is 33.3 Å². The fraction of sp³-hybridized carbons (Fsp3) is 0.0870. The molecule has 1 aliphatic heterocycles. The maximum Gasteiger partial charge on any atom is 0.0912 e. The van der Waals surface area contributed by atoms with Crippen LogP contribution in [-0.4, -0.2) is 28.3 Å². The number of aliphatic imine (C=N–C) groups is 1. The predicted octanol–water partition coefficient (Wildman–Crippen LogP) is 5.07. The van der Waals surface area contributed by atoms with Crippen LogP contribution in [-0.2, 0) is 6.54 Å². The highest BCUT2D eigenvalue weighted by atomic mass is 15.1. The van der Waals surface area contributed by atoms with Gasteiger partial charge in [-0.3, -0.25) is 9.97 Å². The lowest BCUT2D eigenvalue weighted by Crippen LogP contribution is -2.18. The molecule has 2 aromatic carbocycles. The molecule has 0 spiro atoms. The van der Waals surface area contributed by atoms with Gasteiger partial charge in [-0.15, -0.1) is 0 Å². The number of fused-ring (bicyclic) bond motifs is 2. The van der Waals surface area contributed by atoms with Crippen LogP contribution in [0.1, 0.15) is 5.56 Å². The van der Waals surface area contributed by atoms with Gasteiger partial charge in [0, 0.05) is 42.5 Å². The van der Waals surface area contributed by atoms with E-state index < -0.39 is 0 Å². The maximum absolute atomic E-state index is 4.72. The van der Waals surface area contributed by atoms with E-state index in [4.69, 9.17) is 4.98 Å². The van der Waals surface area contributed by atoms with Gasteiger partial charge in [-0.05, 0) is 35.4 Å². The number of rotatable bonds is 2. The molecule has 130 valence electrons. The van der Waals surface area contributed by atoms with Crippen LogP contribution in [0.2, 0.25) is 0 Å². The van der Waals surface area contributed by atoms with Crippen molar-refractivity contribution in [2.24, 2.45) is 4.99 Å². The second kappa shape index (κ2) is 6.32. The normalized spacial score (nSPS) is 13.0. The maximum atomic E-state index is 4.72. The lowest BCUT2D eigenvalue weighted by atomic mass is 9.95. The highest BCUT2D eigenvalue weighted by molar-refractivity contribution is 5.96. The molecular weight excluding hydrogens is 332 g/mol. The molecular formula is C23H18N4. The van der Waals surface area contributed by atoms with Crippen molar-refractivity contribution >= 4 is 22.9 Å². The van der Waals surface area contributed by atoms with Crippen molar-refractivity contribution in [1.82, 2.24) is 14.9 Å². The molecule has 0 aliphatic carbocycles. The summed E-state index contributed by atoms with van der Waals surface area (Å²) in [4.78, 5) is 15.9. The average Bonchev–Trinajstić information content (AvgIpc) is 2.73. The van der Waals surface area contributed by atoms with Crippen LogP contribution in [0.4, 0.5) is 5.69 Å². The van der Waals surface area contributed by atoms with Gasteiger partial charge in [-0.1, -0.05) is 36.4 Å². The Morgan fingerprint density at radius 1 is 0.852 bits per heavy atom. The van der Waals surface area contributed by atoms with Gasteiger partial charge in [0.05, 0.1) is 23.2 Å². The summed E-state index contributed by atoms with van der Waals surface area (Å²) in [5.41, 5.74) is 7.50. The second-order valence-corrected chi connectivity index (χ2v) is 6.78. The highest BCUT2D eigenvalue weighted by Crippen LogP contribution is 2.36. The van der Waals surface area contributed by atoms with Gasteiger partial charge < -0.3 is 4.90 Å². The molecule has 0 N–H and O–H groups in total. The summed E-state index contributed by atoms with van der Waals surface area (Å²) in [6.45, 7) is 0.859. The van der Waals surface area contributed by atoms with Gasteiger partial charge in [0.25, 0.3) is 0 Å². The van der Waals surface area contributed by atoms with E-state index in [0.717, 1.165) is 45.5 Å². The van der Waals surface area contributed by atoms with Gasteiger partial charge in [0.1, 0.15) is 0 Å². The average molecular weight is 350 g/mol. The number of nitrogens with zero attached hydrogens (tertiary/aromatic N) is 4. The molecule has 4 nitrogen and oxygen atoms in total. The molecule has 0 unspecified atom stereocenters. The number of benzene rings is 2. The molecule has 0 bridgehead atoms. The molecule has 3 heterocycles. The van der Waals surface area contributed by atoms with E-state index in [2.05, 4.69) is 63.4 Å². The molecule has 4 heteroatoms. The number of para-hydroxylation sites is 1. The van der Waals surface area contributed by atoms with Gasteiger partial charge in [-0.2, -0.15) is 0 Å². The zero-order valence-electron chi connectivity index (χ0n) is 15.0. The van der Waals surface area contributed by atoms with Crippen molar-refractivity contribution < 1.29 is 0 Å². The summed E-state index contributed by atoms with van der Waals surface area (Å²) in [7, 11) is 2.04. The number of hydrogen-bond acceptors (Lipinski definition) is 4. The van der Waals surface area contributed by atoms with Gasteiger partial charge in [0.2, 0.25) is 0 Å². The van der Waals surface area contributed by atoms with Crippen molar-refractivity contribution in [3.8, 4) is 22.4 Å². The first-order valence-electron chi connectivity index (χ1n) is 8.96. The van der Waals surface area contributed by atoms with E-state index in [-0.39, 0.29) is 0 Å². The van der Waals surface area contributed by atoms with Crippen molar-refractivity contribution in [1.29, 1.82) is 0 Å². The summed E-state index contributed by atoms with van der Waals surface area (Å²) in [6, 6.07) is 20.8. The van der Waals surface area contributed by atoms with Crippen molar-refractivity contribution in [2.45, 2.75) is 6.54 Å². The third-order valence-corrected chi connectivity index (χ3v) is 4.90. The van der Waals surface area contributed by atoms with Crippen LogP contribution in [0, 0.1) is 0 Å². The monoisotopic (exact) mass is 350 g/mol. The Morgan fingerprint density at radius 3 is 2.63 bits per heavy atom. The number of aromatic nitrogens is 2. The second-order valence-electron chi connectivity index (χ2n) is 6.78. The lowest BCUT2D eigenvalue weighted by molar-refractivity contribution is 0.509. The van der Waals surface area contributed by atoms with Crippen molar-refractivity contribution in [2.75, 3.05) is 7.05 Å². The summed E-state index contributed by atoms with van der Waals surface area (Å²) in [6.07, 6.45) is 5.55. The summed E-state index contributed by atoms with van der Waals surface area (Å²) >= 11 is 0. The topological polar surface area (TPSA) is 41.4 Å². The molecule has 0 radical (unpaired) electrons. The van der Waals surface area contributed by atoms with Crippen molar-refractivity contribution in [3.05, 3.63) is 78.6 Å². The SMILES string of the molecule is CN1C=Nc2ccc(-c3cccnc3-c3cccc4cccnc34)cc2C1. The predicted molar refractivity (Wildman–Crippen MR) is 110 cm³/mol. The molecule has 27 heavy (non-hydrogen) atoms. The van der Waals surface area contributed by atoms with E-state index in [1.165, 1.54) is 5.56 Å². The molecule has 4 aromatic rings. The highest BCUT2D eigenvalue weighted by Gasteiger charge is 2.15. The molecule has 0 saturated carbocycles. The van der Waals surface area contributed by atoms with Crippen molar-refractivity contribution in [3.63, 3.8) is 0 Å². The third kappa shape index (κ3) is 2.75. The first-order chi connectivity index (χ1) is 13.3. The molecule has 0 amide bonds. The third-order valence-electron chi connectivity index (χ3n) is 4.90. The number of hydrogen-bond donors (Lipinski definition) is 0. The Balaban J connectivity index is 1.70. The van der Waals surface area contributed by atoms with E-state index in [1.807, 2.05) is 37.9 Å². The fourth-order valence-corrected chi connectivity index (χ4v) is 3.62. The van der Waals surface area contributed by atoms with E-state index in [9.17, 15) is 0 Å². The van der Waals surface area contributed by atoms with E-state index in [0.29, 0.717) is 0 Å². The minimum atomic E-state index is 0.859. The van der Waals surface area contributed by atoms with Crippen LogP contribution in [0.3, 0.4) is 0 Å². The Kier molecular flexibility index (Phi) is 3.68. The first-order valence-corrected chi connectivity index (χ1v) is 8.96. The van der Waals surface area contributed by atoms with E-state index >= 15 is 0 Å². The zero-order valence-corrected chi connectivity index (χ0v) is 15.0. The van der Waals surface area contributed by atoms with Crippen LogP contribution < -0.4 is 0 Å². The van der Waals surface area contributed by atoms with Crippen LogP contribution >= 0.6 is 0 Å². The molecule has 2 aromatic heterocycles. The number of pyridine rings is 2. The van der Waals surface area contributed by atoms with Crippen LogP contribution in [0.5, 0.6) is 0 Å². The quantitative estimate of drug-likeness (QED) is 0.507. The Bertz CT molecular complexity index is 1170. The molecule has 5 rings (SSSR count). The molecule has 0 saturated heterocycles. The fourth-order valence-electron chi connectivity index (χ4n) is 3.62. The van der Waals surface area contributed by atoms with Gasteiger partial charge in [0.15, 0.2) is 0 Å². The Labute approximate surface area is 157 Å². The Hall–Kier alpha value is -3.53. The van der Waals surface area contributed by atoms with Gasteiger partial charge in [-0.25, -0.2) is 4.99 Å². The largest absolute Gasteiger partial charge is 0.361 e. The first kappa shape index (κ1) is 15.7. The molecule has 1 aliphatic rings. The van der Waals surface area contributed by atoms with Gasteiger partial charge >= 0.3 is 0 Å².